The van der Waals surface area contributed by atoms with Gasteiger partial charge in [0.2, 0.25) is 0 Å². The number of nitrogens with one attached hydrogen (secondary N) is 2. The van der Waals surface area contributed by atoms with Crippen molar-refractivity contribution in [1.82, 2.24) is 9.78 Å². The Kier molecular flexibility index (Phi) is 6.37. The molecule has 0 atom stereocenters. The van der Waals surface area contributed by atoms with E-state index in [1.807, 2.05) is 54.9 Å². The van der Waals surface area contributed by atoms with Crippen molar-refractivity contribution < 1.29 is 0 Å². The fraction of sp³-hybridized carbons (Fsp3) is 0.273. The predicted molar refractivity (Wildman–Crippen MR) is 123 cm³/mol. The largest absolute Gasteiger partial charge is 0.332 e. The highest BCUT2D eigenvalue weighted by Gasteiger charge is 2.14. The van der Waals surface area contributed by atoms with E-state index in [0.717, 1.165) is 33.3 Å². The van der Waals surface area contributed by atoms with Crippen LogP contribution < -0.4 is 10.6 Å². The van der Waals surface area contributed by atoms with Gasteiger partial charge in [-0.15, -0.1) is 0 Å². The summed E-state index contributed by atoms with van der Waals surface area (Å²) in [4.78, 5) is 0. The first-order chi connectivity index (χ1) is 13.3. The van der Waals surface area contributed by atoms with E-state index in [1.54, 1.807) is 0 Å². The lowest BCUT2D eigenvalue weighted by Crippen LogP contribution is -2.20. The van der Waals surface area contributed by atoms with Crippen LogP contribution in [0.25, 0.3) is 0 Å². The molecule has 0 saturated carbocycles. The highest BCUT2D eigenvalue weighted by molar-refractivity contribution is 7.80. The van der Waals surface area contributed by atoms with E-state index >= 15 is 0 Å². The second-order valence-electron chi connectivity index (χ2n) is 7.15. The van der Waals surface area contributed by atoms with Crippen molar-refractivity contribution in [1.29, 1.82) is 0 Å². The van der Waals surface area contributed by atoms with Gasteiger partial charge in [-0.1, -0.05) is 55.8 Å². The van der Waals surface area contributed by atoms with Gasteiger partial charge in [0.1, 0.15) is 0 Å². The van der Waals surface area contributed by atoms with Crippen LogP contribution in [-0.2, 0) is 6.54 Å². The van der Waals surface area contributed by atoms with Crippen LogP contribution >= 0.6 is 23.8 Å². The predicted octanol–water partition coefficient (Wildman–Crippen LogP) is 6.13. The maximum atomic E-state index is 6.29. The first kappa shape index (κ1) is 20.4. The molecule has 0 aliphatic heterocycles. The smallest absolute Gasteiger partial charge is 0.175 e. The van der Waals surface area contributed by atoms with Crippen molar-refractivity contribution in [2.45, 2.75) is 40.2 Å². The van der Waals surface area contributed by atoms with Crippen LogP contribution in [0.2, 0.25) is 5.02 Å². The number of hydrogen-bond donors (Lipinski definition) is 2. The molecule has 0 saturated heterocycles. The molecule has 3 rings (SSSR count). The molecule has 0 aliphatic carbocycles. The molecular formula is C22H25ClN4S. The average molecular weight is 413 g/mol. The zero-order valence-electron chi connectivity index (χ0n) is 16.6. The van der Waals surface area contributed by atoms with Crippen LogP contribution in [0.1, 0.15) is 42.3 Å². The Labute approximate surface area is 176 Å². The van der Waals surface area contributed by atoms with Gasteiger partial charge in [-0.3, -0.25) is 4.68 Å². The Bertz CT molecular complexity index is 977. The SMILES string of the molecule is Cc1nn(Cc2ccccc2Cl)c(C)c1NC(=S)Nc1ccc(C(C)C)cc1. The molecule has 1 heterocycles. The molecule has 0 unspecified atom stereocenters. The number of hydrogen-bond acceptors (Lipinski definition) is 2. The molecule has 0 amide bonds. The molecule has 0 fully saturated rings. The third-order valence-electron chi connectivity index (χ3n) is 4.73. The van der Waals surface area contributed by atoms with Crippen molar-refractivity contribution in [3.8, 4) is 0 Å². The van der Waals surface area contributed by atoms with Gasteiger partial charge in [0.05, 0.1) is 23.6 Å². The van der Waals surface area contributed by atoms with Crippen molar-refractivity contribution in [3.63, 3.8) is 0 Å². The molecule has 2 aromatic carbocycles. The summed E-state index contributed by atoms with van der Waals surface area (Å²) in [7, 11) is 0. The summed E-state index contributed by atoms with van der Waals surface area (Å²) in [6.45, 7) is 8.98. The van der Waals surface area contributed by atoms with E-state index in [4.69, 9.17) is 23.8 Å². The van der Waals surface area contributed by atoms with Gasteiger partial charge < -0.3 is 10.6 Å². The molecule has 2 N–H and O–H groups in total. The molecule has 0 aliphatic rings. The van der Waals surface area contributed by atoms with E-state index < -0.39 is 0 Å². The summed E-state index contributed by atoms with van der Waals surface area (Å²) in [5.74, 6) is 0.508. The zero-order valence-corrected chi connectivity index (χ0v) is 18.2. The first-order valence-corrected chi connectivity index (χ1v) is 10.1. The van der Waals surface area contributed by atoms with Crippen LogP contribution in [0.3, 0.4) is 0 Å². The Morgan fingerprint density at radius 1 is 1.07 bits per heavy atom. The minimum Gasteiger partial charge on any atom is -0.332 e. The lowest BCUT2D eigenvalue weighted by molar-refractivity contribution is 0.659. The van der Waals surface area contributed by atoms with Crippen LogP contribution in [-0.4, -0.2) is 14.9 Å². The number of aryl methyl sites for hydroxylation is 1. The number of halogens is 1. The van der Waals surface area contributed by atoms with Crippen molar-refractivity contribution in [2.75, 3.05) is 10.6 Å². The molecule has 0 spiro atoms. The number of anilines is 2. The molecule has 6 heteroatoms. The number of aromatic nitrogens is 2. The van der Waals surface area contributed by atoms with Gasteiger partial charge in [0, 0.05) is 10.7 Å². The molecule has 3 aromatic rings. The number of nitrogens with zero attached hydrogens (tertiary/aromatic N) is 2. The zero-order chi connectivity index (χ0) is 20.3. The maximum Gasteiger partial charge on any atom is 0.175 e. The van der Waals surface area contributed by atoms with Gasteiger partial charge in [-0.05, 0) is 61.3 Å². The topological polar surface area (TPSA) is 41.9 Å². The summed E-state index contributed by atoms with van der Waals surface area (Å²) in [6.07, 6.45) is 0. The van der Waals surface area contributed by atoms with Crippen molar-refractivity contribution in [2.24, 2.45) is 0 Å². The van der Waals surface area contributed by atoms with Crippen molar-refractivity contribution >= 4 is 40.3 Å². The van der Waals surface area contributed by atoms with E-state index in [9.17, 15) is 0 Å². The summed E-state index contributed by atoms with van der Waals surface area (Å²) in [5, 5.41) is 12.5. The monoisotopic (exact) mass is 412 g/mol. The number of rotatable bonds is 5. The maximum absolute atomic E-state index is 6.29. The second kappa shape index (κ2) is 8.76. The minimum atomic E-state index is 0.508. The Morgan fingerprint density at radius 3 is 2.39 bits per heavy atom. The molecule has 146 valence electrons. The van der Waals surface area contributed by atoms with Crippen LogP contribution in [0.5, 0.6) is 0 Å². The third-order valence-corrected chi connectivity index (χ3v) is 5.31. The van der Waals surface area contributed by atoms with Gasteiger partial charge in [0.15, 0.2) is 5.11 Å². The normalized spacial score (nSPS) is 10.9. The highest BCUT2D eigenvalue weighted by atomic mass is 35.5. The molecule has 28 heavy (non-hydrogen) atoms. The fourth-order valence-corrected chi connectivity index (χ4v) is 3.46. The quantitative estimate of drug-likeness (QED) is 0.494. The molecule has 1 aromatic heterocycles. The molecule has 4 nitrogen and oxygen atoms in total. The Hall–Kier alpha value is -2.37. The first-order valence-electron chi connectivity index (χ1n) is 9.30. The summed E-state index contributed by atoms with van der Waals surface area (Å²) in [5.41, 5.74) is 6.12. The lowest BCUT2D eigenvalue weighted by Gasteiger charge is -2.12. The fourth-order valence-electron chi connectivity index (χ4n) is 3.05. The van der Waals surface area contributed by atoms with E-state index in [2.05, 4.69) is 41.7 Å². The minimum absolute atomic E-state index is 0.508. The van der Waals surface area contributed by atoms with Gasteiger partial charge >= 0.3 is 0 Å². The summed E-state index contributed by atoms with van der Waals surface area (Å²) >= 11 is 11.8. The van der Waals surface area contributed by atoms with Gasteiger partial charge in [-0.2, -0.15) is 5.10 Å². The molecule has 0 bridgehead atoms. The van der Waals surface area contributed by atoms with Crippen LogP contribution in [0.4, 0.5) is 11.4 Å². The van der Waals surface area contributed by atoms with E-state index in [-0.39, 0.29) is 0 Å². The van der Waals surface area contributed by atoms with Crippen molar-refractivity contribution in [3.05, 3.63) is 76.1 Å². The summed E-state index contributed by atoms with van der Waals surface area (Å²) in [6, 6.07) is 16.1. The summed E-state index contributed by atoms with van der Waals surface area (Å²) < 4.78 is 1.94. The van der Waals surface area contributed by atoms with E-state index in [0.29, 0.717) is 17.6 Å². The second-order valence-corrected chi connectivity index (χ2v) is 7.97. The van der Waals surface area contributed by atoms with Crippen LogP contribution in [0.15, 0.2) is 48.5 Å². The average Bonchev–Trinajstić information content (AvgIpc) is 2.91. The van der Waals surface area contributed by atoms with E-state index in [1.165, 1.54) is 5.56 Å². The number of thiocarbonyl (C=S) groups is 1. The molecule has 0 radical (unpaired) electrons. The van der Waals surface area contributed by atoms with Gasteiger partial charge in [-0.25, -0.2) is 0 Å². The van der Waals surface area contributed by atoms with Gasteiger partial charge in [0.25, 0.3) is 0 Å². The Morgan fingerprint density at radius 2 is 1.75 bits per heavy atom. The molecular weight excluding hydrogens is 388 g/mol. The van der Waals surface area contributed by atoms with Crippen LogP contribution in [0, 0.1) is 13.8 Å². The standard InChI is InChI=1S/C22H25ClN4S/c1-14(2)17-9-11-19(12-10-17)24-22(28)25-21-15(3)26-27(16(21)4)13-18-7-5-6-8-20(18)23/h5-12,14H,13H2,1-4H3,(H2,24,25,28). The highest BCUT2D eigenvalue weighted by Crippen LogP contribution is 2.23. The third kappa shape index (κ3) is 4.72. The number of benzene rings is 2. The lowest BCUT2D eigenvalue weighted by atomic mass is 10.0. The Balaban J connectivity index is 1.71.